The van der Waals surface area contributed by atoms with Gasteiger partial charge in [0.25, 0.3) is 5.91 Å². The molecule has 6 nitrogen and oxygen atoms in total. The van der Waals surface area contributed by atoms with Crippen molar-refractivity contribution in [1.29, 1.82) is 0 Å². The number of fused-ring (bicyclic) bond motifs is 1. The van der Waals surface area contributed by atoms with Crippen LogP contribution in [-0.2, 0) is 16.3 Å². The van der Waals surface area contributed by atoms with Crippen molar-refractivity contribution < 1.29 is 14.0 Å². The predicted octanol–water partition coefficient (Wildman–Crippen LogP) is 3.03. The topological polar surface area (TPSA) is 74.6 Å². The highest BCUT2D eigenvalue weighted by molar-refractivity contribution is 7.97. The van der Waals surface area contributed by atoms with Crippen LogP contribution < -0.4 is 10.6 Å². The van der Waals surface area contributed by atoms with Crippen LogP contribution in [0.1, 0.15) is 21.7 Å². The minimum absolute atomic E-state index is 0.0302. The second-order valence-corrected chi connectivity index (χ2v) is 8.25. The van der Waals surface area contributed by atoms with Gasteiger partial charge in [-0.3, -0.25) is 14.5 Å². The summed E-state index contributed by atoms with van der Waals surface area (Å²) in [6, 6.07) is 18.1. The number of nitrogens with one attached hydrogen (secondary N) is 2. The summed E-state index contributed by atoms with van der Waals surface area (Å²) in [5.41, 5.74) is 2.92. The van der Waals surface area contributed by atoms with E-state index in [-0.39, 0.29) is 11.8 Å². The van der Waals surface area contributed by atoms with Crippen LogP contribution in [0.15, 0.2) is 59.0 Å². The zero-order chi connectivity index (χ0) is 20.8. The maximum Gasteiger partial charge on any atom is 0.287 e. The lowest BCUT2D eigenvalue weighted by molar-refractivity contribution is -0.124. The average molecular weight is 424 g/mol. The van der Waals surface area contributed by atoms with Crippen molar-refractivity contribution in [2.75, 3.05) is 32.7 Å². The first kappa shape index (κ1) is 20.5. The standard InChI is InChI=1S/C23H25N3O3S/c27-21-14-26(12-10-24-21)13-11-25-23(28)22-19(18-8-4-5-9-20(18)29-22)16-30-15-17-6-2-1-3-7-17/h1-9H,10-16H2,(H,24,27)(H,25,28). The molecule has 4 rings (SSSR count). The number of hydrogen-bond donors (Lipinski definition) is 2. The summed E-state index contributed by atoms with van der Waals surface area (Å²) in [5, 5.41) is 6.74. The Labute approximate surface area is 180 Å². The van der Waals surface area contributed by atoms with Gasteiger partial charge < -0.3 is 15.1 Å². The summed E-state index contributed by atoms with van der Waals surface area (Å²) in [6.07, 6.45) is 0. The Hall–Kier alpha value is -2.77. The molecule has 30 heavy (non-hydrogen) atoms. The normalized spacial score (nSPS) is 14.6. The van der Waals surface area contributed by atoms with Crippen LogP contribution in [0.2, 0.25) is 0 Å². The number of thioether (sulfide) groups is 1. The monoisotopic (exact) mass is 423 g/mol. The van der Waals surface area contributed by atoms with Crippen LogP contribution in [0, 0.1) is 0 Å². The second-order valence-electron chi connectivity index (χ2n) is 7.27. The highest BCUT2D eigenvalue weighted by Gasteiger charge is 2.21. The fourth-order valence-electron chi connectivity index (χ4n) is 3.56. The van der Waals surface area contributed by atoms with Crippen LogP contribution in [0.4, 0.5) is 0 Å². The van der Waals surface area contributed by atoms with Crippen molar-refractivity contribution in [2.45, 2.75) is 11.5 Å². The van der Waals surface area contributed by atoms with E-state index >= 15 is 0 Å². The Balaban J connectivity index is 1.41. The first-order chi connectivity index (χ1) is 14.7. The predicted molar refractivity (Wildman–Crippen MR) is 119 cm³/mol. The highest BCUT2D eigenvalue weighted by Crippen LogP contribution is 2.30. The summed E-state index contributed by atoms with van der Waals surface area (Å²) < 4.78 is 5.92. The van der Waals surface area contributed by atoms with E-state index in [1.807, 2.05) is 47.4 Å². The average Bonchev–Trinajstić information content (AvgIpc) is 3.13. The minimum atomic E-state index is -0.206. The third-order valence-electron chi connectivity index (χ3n) is 5.09. The number of piperazine rings is 1. The summed E-state index contributed by atoms with van der Waals surface area (Å²) in [7, 11) is 0. The van der Waals surface area contributed by atoms with E-state index in [0.29, 0.717) is 37.7 Å². The van der Waals surface area contributed by atoms with Gasteiger partial charge in [0.1, 0.15) is 5.58 Å². The molecule has 1 fully saturated rings. The zero-order valence-corrected chi connectivity index (χ0v) is 17.5. The Morgan fingerprint density at radius 1 is 1.10 bits per heavy atom. The fraction of sp³-hybridized carbons (Fsp3) is 0.304. The SMILES string of the molecule is O=C1CN(CCNC(=O)c2oc3ccccc3c2CSCc2ccccc2)CCN1. The molecule has 1 saturated heterocycles. The molecule has 2 amide bonds. The molecule has 0 radical (unpaired) electrons. The highest BCUT2D eigenvalue weighted by atomic mass is 32.2. The van der Waals surface area contributed by atoms with Crippen molar-refractivity contribution >= 4 is 34.5 Å². The molecule has 7 heteroatoms. The number of amides is 2. The Morgan fingerprint density at radius 2 is 1.90 bits per heavy atom. The van der Waals surface area contributed by atoms with Crippen molar-refractivity contribution in [3.63, 3.8) is 0 Å². The Kier molecular flexibility index (Phi) is 6.71. The van der Waals surface area contributed by atoms with Gasteiger partial charge in [-0.05, 0) is 11.6 Å². The van der Waals surface area contributed by atoms with Crippen molar-refractivity contribution in [2.24, 2.45) is 0 Å². The molecular formula is C23H25N3O3S. The van der Waals surface area contributed by atoms with Gasteiger partial charge in [0.05, 0.1) is 6.54 Å². The number of benzene rings is 2. The summed E-state index contributed by atoms with van der Waals surface area (Å²) in [4.78, 5) is 26.4. The maximum atomic E-state index is 12.9. The molecule has 0 spiro atoms. The van der Waals surface area contributed by atoms with Crippen LogP contribution in [0.5, 0.6) is 0 Å². The van der Waals surface area contributed by atoms with Crippen LogP contribution >= 0.6 is 11.8 Å². The molecule has 1 aliphatic rings. The molecular weight excluding hydrogens is 398 g/mol. The van der Waals surface area contributed by atoms with Gasteiger partial charge in [0.15, 0.2) is 5.76 Å². The number of carbonyl (C=O) groups excluding carboxylic acids is 2. The summed E-state index contributed by atoms with van der Waals surface area (Å²) in [5.74, 6) is 1.78. The number of nitrogens with zero attached hydrogens (tertiary/aromatic N) is 1. The molecule has 1 aliphatic heterocycles. The van der Waals surface area contributed by atoms with Gasteiger partial charge in [-0.2, -0.15) is 11.8 Å². The largest absolute Gasteiger partial charge is 0.451 e. The number of furan rings is 1. The van der Waals surface area contributed by atoms with E-state index in [2.05, 4.69) is 22.8 Å². The van der Waals surface area contributed by atoms with Gasteiger partial charge in [0.2, 0.25) is 5.91 Å². The van der Waals surface area contributed by atoms with Crippen LogP contribution in [0.3, 0.4) is 0 Å². The first-order valence-corrected chi connectivity index (χ1v) is 11.3. The molecule has 0 saturated carbocycles. The summed E-state index contributed by atoms with van der Waals surface area (Å²) in [6.45, 7) is 2.94. The van der Waals surface area contributed by atoms with E-state index < -0.39 is 0 Å². The van der Waals surface area contributed by atoms with Gasteiger partial charge in [-0.25, -0.2) is 0 Å². The molecule has 0 aliphatic carbocycles. The van der Waals surface area contributed by atoms with Gasteiger partial charge in [-0.1, -0.05) is 48.5 Å². The third kappa shape index (κ3) is 5.04. The van der Waals surface area contributed by atoms with Crippen LogP contribution in [0.25, 0.3) is 11.0 Å². The molecule has 2 heterocycles. The molecule has 2 aromatic carbocycles. The minimum Gasteiger partial charge on any atom is -0.451 e. The molecule has 0 atom stereocenters. The molecule has 1 aromatic heterocycles. The van der Waals surface area contributed by atoms with Crippen molar-refractivity contribution in [3.8, 4) is 0 Å². The van der Waals surface area contributed by atoms with Crippen molar-refractivity contribution in [3.05, 3.63) is 71.5 Å². The van der Waals surface area contributed by atoms with E-state index in [4.69, 9.17) is 4.42 Å². The van der Waals surface area contributed by atoms with Gasteiger partial charge >= 0.3 is 0 Å². The Bertz CT molecular complexity index is 1020. The molecule has 0 bridgehead atoms. The van der Waals surface area contributed by atoms with E-state index in [1.54, 1.807) is 11.8 Å². The van der Waals surface area contributed by atoms with Gasteiger partial charge in [-0.15, -0.1) is 0 Å². The van der Waals surface area contributed by atoms with Gasteiger partial charge in [0, 0.05) is 48.6 Å². The lowest BCUT2D eigenvalue weighted by Crippen LogP contribution is -2.49. The summed E-state index contributed by atoms with van der Waals surface area (Å²) >= 11 is 1.76. The molecule has 2 N–H and O–H groups in total. The van der Waals surface area contributed by atoms with E-state index in [1.165, 1.54) is 5.56 Å². The lowest BCUT2D eigenvalue weighted by atomic mass is 10.1. The zero-order valence-electron chi connectivity index (χ0n) is 16.7. The molecule has 3 aromatic rings. The number of rotatable bonds is 8. The van der Waals surface area contributed by atoms with Crippen LogP contribution in [-0.4, -0.2) is 49.4 Å². The molecule has 0 unspecified atom stereocenters. The van der Waals surface area contributed by atoms with E-state index in [0.717, 1.165) is 28.8 Å². The second kappa shape index (κ2) is 9.82. The first-order valence-electron chi connectivity index (χ1n) is 10.1. The van der Waals surface area contributed by atoms with Crippen molar-refractivity contribution in [1.82, 2.24) is 15.5 Å². The number of para-hydroxylation sites is 1. The lowest BCUT2D eigenvalue weighted by Gasteiger charge is -2.26. The Morgan fingerprint density at radius 3 is 2.73 bits per heavy atom. The van der Waals surface area contributed by atoms with E-state index in [9.17, 15) is 9.59 Å². The third-order valence-corrected chi connectivity index (χ3v) is 6.12. The smallest absolute Gasteiger partial charge is 0.287 e. The number of hydrogen-bond acceptors (Lipinski definition) is 5. The number of carbonyl (C=O) groups is 2. The molecule has 156 valence electrons. The quantitative estimate of drug-likeness (QED) is 0.583. The fourth-order valence-corrected chi connectivity index (χ4v) is 4.58. The maximum absolute atomic E-state index is 12.9.